The van der Waals surface area contributed by atoms with Crippen LogP contribution in [0.15, 0.2) is 11.5 Å². The summed E-state index contributed by atoms with van der Waals surface area (Å²) in [5, 5.41) is 8.92. The molecule has 6 atom stereocenters. The summed E-state index contributed by atoms with van der Waals surface area (Å²) >= 11 is 5.25. The van der Waals surface area contributed by atoms with Gasteiger partial charge in [0.2, 0.25) is 0 Å². The summed E-state index contributed by atoms with van der Waals surface area (Å²) in [5.74, 6) is 0.543. The number of methoxy groups -OCH3 is 2. The van der Waals surface area contributed by atoms with Crippen LogP contribution in [0.25, 0.3) is 0 Å². The summed E-state index contributed by atoms with van der Waals surface area (Å²) in [6, 6.07) is 0. The molecule has 0 saturated carbocycles. The lowest BCUT2D eigenvalue weighted by atomic mass is 10.2. The Morgan fingerprint density at radius 1 is 1.09 bits per heavy atom. The van der Waals surface area contributed by atoms with E-state index in [1.165, 1.54) is 14.2 Å². The van der Waals surface area contributed by atoms with Crippen LogP contribution >= 0.6 is 35.7 Å². The molecule has 0 aliphatic carbocycles. The molecule has 0 bridgehead atoms. The smallest absolute Gasteiger partial charge is 0.382 e. The number of phosphoric acid groups is 3. The van der Waals surface area contributed by atoms with Gasteiger partial charge in [0.15, 0.2) is 6.29 Å². The number of nitrogens with one attached hydrogen (secondary N) is 3. The van der Waals surface area contributed by atoms with Gasteiger partial charge in [0.05, 0.1) is 19.9 Å². The summed E-state index contributed by atoms with van der Waals surface area (Å²) in [6.45, 7) is 1.12. The van der Waals surface area contributed by atoms with Gasteiger partial charge in [0.1, 0.15) is 34.9 Å². The number of nitrogens with zero attached hydrogens (tertiary/aromatic N) is 1. The van der Waals surface area contributed by atoms with Crippen molar-refractivity contribution in [3.05, 3.63) is 11.5 Å². The van der Waals surface area contributed by atoms with Crippen LogP contribution < -0.4 is 21.7 Å². The van der Waals surface area contributed by atoms with Crippen LogP contribution in [0.1, 0.15) is 6.92 Å². The number of hydrogen-bond acceptors (Lipinski definition) is 14. The van der Waals surface area contributed by atoms with Crippen molar-refractivity contribution in [2.24, 2.45) is 5.73 Å². The Labute approximate surface area is 205 Å². The van der Waals surface area contributed by atoms with Crippen molar-refractivity contribution in [3.8, 4) is 0 Å². The predicted molar refractivity (Wildman–Crippen MR) is 121 cm³/mol. The van der Waals surface area contributed by atoms with Crippen LogP contribution in [0.4, 0.5) is 0 Å². The second-order valence-electron chi connectivity index (χ2n) is 7.01. The summed E-state index contributed by atoms with van der Waals surface area (Å²) in [4.78, 5) is 38.4. The van der Waals surface area contributed by atoms with Crippen molar-refractivity contribution in [2.45, 2.75) is 31.6 Å². The van der Waals surface area contributed by atoms with Gasteiger partial charge in [-0.1, -0.05) is 12.2 Å². The number of thiocarbonyl (C=S) groups is 1. The molecular formula is C13H28N5O13P3S. The van der Waals surface area contributed by atoms with E-state index >= 15 is 0 Å². The normalized spacial score (nSPS) is 24.4. The first-order valence-electron chi connectivity index (χ1n) is 9.61. The summed E-state index contributed by atoms with van der Waals surface area (Å²) in [5.41, 5.74) is 6.45. The fraction of sp³-hybridized carbons (Fsp3) is 0.769. The van der Waals surface area contributed by atoms with Crippen LogP contribution in [0.5, 0.6) is 0 Å². The van der Waals surface area contributed by atoms with Gasteiger partial charge in [-0.05, 0) is 6.92 Å². The highest BCUT2D eigenvalue weighted by Crippen LogP contribution is 2.66. The third-order valence-corrected chi connectivity index (χ3v) is 8.56. The summed E-state index contributed by atoms with van der Waals surface area (Å²) < 4.78 is 62.9. The van der Waals surface area contributed by atoms with Gasteiger partial charge in [0, 0.05) is 14.2 Å². The molecule has 9 N–H and O–H groups in total. The molecule has 4 unspecified atom stereocenters. The Hall–Kier alpha value is -0.720. The van der Waals surface area contributed by atoms with E-state index in [1.807, 2.05) is 0 Å². The fourth-order valence-electron chi connectivity index (χ4n) is 3.04. The van der Waals surface area contributed by atoms with E-state index in [0.29, 0.717) is 16.5 Å². The van der Waals surface area contributed by atoms with E-state index in [1.54, 1.807) is 11.8 Å². The van der Waals surface area contributed by atoms with Crippen LogP contribution in [-0.4, -0.2) is 88.3 Å². The SMILES string of the molecule is COC[C@@H](OC)[C@@H](COP(=O)(O)OP(=O)(O)OP(=O)(O)O)OC(C)N1CNC2=C1NC(N)NC2=S. The molecule has 0 aromatic heterocycles. The predicted octanol–water partition coefficient (Wildman–Crippen LogP) is -1.48. The zero-order valence-electron chi connectivity index (χ0n) is 18.7. The molecule has 0 radical (unpaired) electrons. The van der Waals surface area contributed by atoms with Crippen molar-refractivity contribution >= 4 is 40.7 Å². The molecule has 0 fully saturated rings. The molecule has 18 nitrogen and oxygen atoms in total. The van der Waals surface area contributed by atoms with Gasteiger partial charge in [-0.15, -0.1) is 0 Å². The van der Waals surface area contributed by atoms with Gasteiger partial charge in [0.25, 0.3) is 0 Å². The summed E-state index contributed by atoms with van der Waals surface area (Å²) in [7, 11) is -13.9. The Kier molecular flexibility index (Phi) is 10.6. The second-order valence-corrected chi connectivity index (χ2v) is 11.8. The lowest BCUT2D eigenvalue weighted by Gasteiger charge is -2.36. The number of rotatable bonds is 14. The van der Waals surface area contributed by atoms with Crippen molar-refractivity contribution < 1.29 is 60.6 Å². The van der Waals surface area contributed by atoms with Crippen molar-refractivity contribution in [2.75, 3.05) is 34.1 Å². The van der Waals surface area contributed by atoms with E-state index in [2.05, 4.69) is 24.6 Å². The first kappa shape index (κ1) is 30.5. The molecule has 0 amide bonds. The first-order valence-corrected chi connectivity index (χ1v) is 14.5. The largest absolute Gasteiger partial charge is 0.490 e. The third kappa shape index (κ3) is 9.27. The minimum absolute atomic E-state index is 0.0447. The fourth-order valence-corrected chi connectivity index (χ4v) is 6.37. The van der Waals surface area contributed by atoms with Crippen molar-refractivity contribution in [1.82, 2.24) is 20.9 Å². The number of phosphoric ester groups is 1. The van der Waals surface area contributed by atoms with E-state index in [4.69, 9.17) is 46.5 Å². The van der Waals surface area contributed by atoms with Gasteiger partial charge in [-0.2, -0.15) is 8.62 Å². The molecule has 204 valence electrons. The highest BCUT2D eigenvalue weighted by Gasteiger charge is 2.42. The molecular weight excluding hydrogens is 559 g/mol. The molecule has 2 heterocycles. The maximum Gasteiger partial charge on any atom is 0.490 e. The standard InChI is InChI=1S/C13H28N5O13P3S/c1-7(18-6-15-10-11(18)16-13(14)17-12(10)35)29-9(8(27-3)4-26-2)5-28-33(22,23)31-34(24,25)30-32(19,20)21/h7-9,13,15-16H,4-6,14H2,1-3H3,(H,17,35)(H,22,23)(H,24,25)(H2,19,20,21)/t7?,8-,9-,13?/m1/s1. The molecule has 2 rings (SSSR count). The molecule has 22 heteroatoms. The third-order valence-electron chi connectivity index (χ3n) is 4.43. The minimum Gasteiger partial charge on any atom is -0.382 e. The molecule has 0 aromatic carbocycles. The molecule has 2 aliphatic heterocycles. The van der Waals surface area contributed by atoms with E-state index < -0.39 is 54.8 Å². The molecule has 35 heavy (non-hydrogen) atoms. The number of nitrogens with two attached hydrogens (primary N) is 1. The lowest BCUT2D eigenvalue weighted by Crippen LogP contribution is -2.57. The van der Waals surface area contributed by atoms with Crippen LogP contribution in [0, 0.1) is 0 Å². The lowest BCUT2D eigenvalue weighted by molar-refractivity contribution is -0.151. The van der Waals surface area contributed by atoms with Crippen molar-refractivity contribution in [1.29, 1.82) is 0 Å². The zero-order chi connectivity index (χ0) is 26.6. The first-order chi connectivity index (χ1) is 16.1. The van der Waals surface area contributed by atoms with E-state index in [0.717, 1.165) is 0 Å². The Morgan fingerprint density at radius 2 is 1.74 bits per heavy atom. The quantitative estimate of drug-likeness (QED) is 0.0851. The second kappa shape index (κ2) is 12.2. The Bertz CT molecular complexity index is 950. The Balaban J connectivity index is 2.13. The molecule has 0 saturated heterocycles. The maximum atomic E-state index is 12.1. The maximum absolute atomic E-state index is 12.1. The molecule has 0 spiro atoms. The average Bonchev–Trinajstić information content (AvgIpc) is 3.10. The van der Waals surface area contributed by atoms with Crippen LogP contribution in [0.3, 0.4) is 0 Å². The van der Waals surface area contributed by atoms with E-state index in [9.17, 15) is 23.5 Å². The van der Waals surface area contributed by atoms with E-state index in [-0.39, 0.29) is 13.3 Å². The topological polar surface area (TPSA) is 253 Å². The molecule has 0 aromatic rings. The van der Waals surface area contributed by atoms with Gasteiger partial charge < -0.3 is 54.6 Å². The van der Waals surface area contributed by atoms with Gasteiger partial charge >= 0.3 is 23.5 Å². The average molecular weight is 587 g/mol. The van der Waals surface area contributed by atoms with Crippen LogP contribution in [0.2, 0.25) is 0 Å². The number of ether oxygens (including phenoxy) is 3. The monoisotopic (exact) mass is 587 g/mol. The van der Waals surface area contributed by atoms with Gasteiger partial charge in [-0.25, -0.2) is 13.7 Å². The Morgan fingerprint density at radius 3 is 2.31 bits per heavy atom. The summed E-state index contributed by atoms with van der Waals surface area (Å²) in [6.07, 6.45) is -3.37. The zero-order valence-corrected chi connectivity index (χ0v) is 22.2. The number of hydrogen-bond donors (Lipinski definition) is 8. The van der Waals surface area contributed by atoms with Crippen LogP contribution in [-0.2, 0) is 41.1 Å². The minimum atomic E-state index is -5.67. The van der Waals surface area contributed by atoms with Gasteiger partial charge in [-0.3, -0.25) is 10.3 Å². The highest BCUT2D eigenvalue weighted by molar-refractivity contribution is 7.80. The van der Waals surface area contributed by atoms with Crippen molar-refractivity contribution in [3.63, 3.8) is 0 Å². The highest BCUT2D eigenvalue weighted by atomic mass is 32.1. The molecule has 2 aliphatic rings.